The second kappa shape index (κ2) is 4.72. The molecule has 0 aromatic carbocycles. The monoisotopic (exact) mass is 212 g/mol. The highest BCUT2D eigenvalue weighted by molar-refractivity contribution is 5.67. The number of hydrogen-bond acceptors (Lipinski definition) is 5. The molecule has 1 rings (SSSR count). The molecule has 2 atom stereocenters. The summed E-state index contributed by atoms with van der Waals surface area (Å²) >= 11 is 0. The minimum atomic E-state index is -1.38. The van der Waals surface area contributed by atoms with Crippen LogP contribution in [0.4, 0.5) is 5.69 Å². The first-order valence-corrected chi connectivity index (χ1v) is 4.29. The molecule has 15 heavy (non-hydrogen) atoms. The number of hydrogen-bond donors (Lipinski definition) is 4. The number of nitrogens with two attached hydrogens (primary N) is 1. The van der Waals surface area contributed by atoms with E-state index in [4.69, 9.17) is 10.8 Å². The number of aliphatic hydroxyl groups excluding tert-OH is 2. The Morgan fingerprint density at radius 2 is 2.20 bits per heavy atom. The zero-order valence-corrected chi connectivity index (χ0v) is 7.87. The number of carboxylic acids is 1. The SMILES string of the molecule is Nc1cnccc1C(O)C(O)CC(=O)O. The summed E-state index contributed by atoms with van der Waals surface area (Å²) < 4.78 is 0. The highest BCUT2D eigenvalue weighted by Gasteiger charge is 2.22. The number of aliphatic hydroxyl groups is 2. The van der Waals surface area contributed by atoms with E-state index in [2.05, 4.69) is 4.98 Å². The van der Waals surface area contributed by atoms with Crippen LogP contribution in [0.1, 0.15) is 18.1 Å². The molecule has 2 unspecified atom stereocenters. The maximum absolute atomic E-state index is 10.3. The Labute approximate surface area is 86.0 Å². The number of rotatable bonds is 4. The molecule has 82 valence electrons. The number of aliphatic carboxylic acids is 1. The lowest BCUT2D eigenvalue weighted by atomic mass is 10.0. The first-order chi connectivity index (χ1) is 7.02. The van der Waals surface area contributed by atoms with Crippen molar-refractivity contribution in [3.63, 3.8) is 0 Å². The molecule has 5 N–H and O–H groups in total. The van der Waals surface area contributed by atoms with Crippen molar-refractivity contribution >= 4 is 11.7 Å². The smallest absolute Gasteiger partial charge is 0.306 e. The first kappa shape index (κ1) is 11.4. The normalized spacial score (nSPS) is 14.5. The Hall–Kier alpha value is -1.66. The van der Waals surface area contributed by atoms with E-state index in [0.717, 1.165) is 0 Å². The molecule has 0 aliphatic carbocycles. The molecule has 6 heteroatoms. The van der Waals surface area contributed by atoms with Crippen LogP contribution < -0.4 is 5.73 Å². The number of carboxylic acid groups (broad SMARTS) is 1. The Kier molecular flexibility index (Phi) is 3.59. The minimum Gasteiger partial charge on any atom is -0.481 e. The number of carbonyl (C=O) groups is 1. The second-order valence-electron chi connectivity index (χ2n) is 3.11. The summed E-state index contributed by atoms with van der Waals surface area (Å²) in [5.74, 6) is -1.19. The van der Waals surface area contributed by atoms with Crippen molar-refractivity contribution in [3.8, 4) is 0 Å². The number of pyridine rings is 1. The van der Waals surface area contributed by atoms with Gasteiger partial charge in [0, 0.05) is 11.8 Å². The van der Waals surface area contributed by atoms with Crippen LogP contribution in [0.2, 0.25) is 0 Å². The molecule has 0 amide bonds. The van der Waals surface area contributed by atoms with Crippen molar-refractivity contribution in [3.05, 3.63) is 24.0 Å². The Balaban J connectivity index is 2.80. The molecule has 0 saturated heterocycles. The van der Waals surface area contributed by atoms with Crippen molar-refractivity contribution in [2.45, 2.75) is 18.6 Å². The average molecular weight is 212 g/mol. The van der Waals surface area contributed by atoms with E-state index in [1.54, 1.807) is 0 Å². The fourth-order valence-corrected chi connectivity index (χ4v) is 1.18. The summed E-state index contributed by atoms with van der Waals surface area (Å²) in [7, 11) is 0. The predicted molar refractivity (Wildman–Crippen MR) is 51.9 cm³/mol. The maximum Gasteiger partial charge on any atom is 0.306 e. The third kappa shape index (κ3) is 2.90. The van der Waals surface area contributed by atoms with Gasteiger partial charge >= 0.3 is 5.97 Å². The molecule has 1 heterocycles. The highest BCUT2D eigenvalue weighted by atomic mass is 16.4. The Morgan fingerprint density at radius 1 is 1.53 bits per heavy atom. The van der Waals surface area contributed by atoms with Crippen LogP contribution in [0.25, 0.3) is 0 Å². The molecule has 0 bridgehead atoms. The van der Waals surface area contributed by atoms with Crippen LogP contribution in [-0.2, 0) is 4.79 Å². The molecule has 0 spiro atoms. The van der Waals surface area contributed by atoms with Gasteiger partial charge in [-0.25, -0.2) is 0 Å². The Morgan fingerprint density at radius 3 is 2.73 bits per heavy atom. The molecular weight excluding hydrogens is 200 g/mol. The molecule has 1 aromatic rings. The minimum absolute atomic E-state index is 0.217. The van der Waals surface area contributed by atoms with Gasteiger partial charge in [-0.1, -0.05) is 0 Å². The summed E-state index contributed by atoms with van der Waals surface area (Å²) in [6, 6.07) is 1.44. The van der Waals surface area contributed by atoms with Gasteiger partial charge in [0.05, 0.1) is 24.4 Å². The van der Waals surface area contributed by atoms with Gasteiger partial charge < -0.3 is 21.1 Å². The first-order valence-electron chi connectivity index (χ1n) is 4.29. The van der Waals surface area contributed by atoms with Gasteiger partial charge in [-0.05, 0) is 6.07 Å². The van der Waals surface area contributed by atoms with E-state index >= 15 is 0 Å². The van der Waals surface area contributed by atoms with Gasteiger partial charge in [0.1, 0.15) is 6.10 Å². The van der Waals surface area contributed by atoms with E-state index in [1.807, 2.05) is 0 Å². The maximum atomic E-state index is 10.3. The molecule has 0 saturated carbocycles. The highest BCUT2D eigenvalue weighted by Crippen LogP contribution is 2.23. The second-order valence-corrected chi connectivity index (χ2v) is 3.11. The summed E-state index contributed by atoms with van der Waals surface area (Å²) in [6.07, 6.45) is -0.506. The average Bonchev–Trinajstić information content (AvgIpc) is 2.16. The Bertz CT molecular complexity index is 356. The van der Waals surface area contributed by atoms with Crippen LogP contribution in [0.15, 0.2) is 18.5 Å². The van der Waals surface area contributed by atoms with Gasteiger partial charge in [0.15, 0.2) is 0 Å². The molecule has 0 fully saturated rings. The topological polar surface area (TPSA) is 117 Å². The van der Waals surface area contributed by atoms with E-state index in [1.165, 1.54) is 18.5 Å². The third-order valence-corrected chi connectivity index (χ3v) is 1.95. The zero-order valence-electron chi connectivity index (χ0n) is 7.87. The van der Waals surface area contributed by atoms with E-state index < -0.39 is 24.6 Å². The van der Waals surface area contributed by atoms with Gasteiger partial charge in [0.25, 0.3) is 0 Å². The largest absolute Gasteiger partial charge is 0.481 e. The van der Waals surface area contributed by atoms with Gasteiger partial charge in [-0.3, -0.25) is 9.78 Å². The zero-order chi connectivity index (χ0) is 11.4. The van der Waals surface area contributed by atoms with Crippen molar-refractivity contribution in [2.75, 3.05) is 5.73 Å². The van der Waals surface area contributed by atoms with E-state index in [0.29, 0.717) is 0 Å². The van der Waals surface area contributed by atoms with Crippen molar-refractivity contribution in [1.29, 1.82) is 0 Å². The molecular formula is C9H12N2O4. The molecule has 6 nitrogen and oxygen atoms in total. The summed E-state index contributed by atoms with van der Waals surface area (Å²) in [6.45, 7) is 0. The number of anilines is 1. The lowest BCUT2D eigenvalue weighted by molar-refractivity contribution is -0.141. The fraction of sp³-hybridized carbons (Fsp3) is 0.333. The molecule has 0 radical (unpaired) electrons. The van der Waals surface area contributed by atoms with Gasteiger partial charge in [0.2, 0.25) is 0 Å². The van der Waals surface area contributed by atoms with Crippen molar-refractivity contribution in [1.82, 2.24) is 4.98 Å². The van der Waals surface area contributed by atoms with Crippen LogP contribution in [0, 0.1) is 0 Å². The van der Waals surface area contributed by atoms with E-state index in [9.17, 15) is 15.0 Å². The standard InChI is InChI=1S/C9H12N2O4/c10-6-4-11-2-1-5(6)9(15)7(12)3-8(13)14/h1-2,4,7,9,12,15H,3,10H2,(H,13,14). The van der Waals surface area contributed by atoms with Crippen LogP contribution >= 0.6 is 0 Å². The fourth-order valence-electron chi connectivity index (χ4n) is 1.18. The quantitative estimate of drug-likeness (QED) is 0.536. The predicted octanol–water partition coefficient (Wildman–Crippen LogP) is -0.467. The van der Waals surface area contributed by atoms with Crippen molar-refractivity contribution < 1.29 is 20.1 Å². The van der Waals surface area contributed by atoms with E-state index in [-0.39, 0.29) is 11.3 Å². The van der Waals surface area contributed by atoms with Crippen LogP contribution in [-0.4, -0.2) is 32.4 Å². The van der Waals surface area contributed by atoms with Crippen molar-refractivity contribution in [2.24, 2.45) is 0 Å². The van der Waals surface area contributed by atoms with Gasteiger partial charge in [-0.2, -0.15) is 0 Å². The summed E-state index contributed by atoms with van der Waals surface area (Å²) in [5.41, 5.74) is 6.00. The number of nitrogen functional groups attached to an aromatic ring is 1. The van der Waals surface area contributed by atoms with Crippen LogP contribution in [0.3, 0.4) is 0 Å². The molecule has 1 aromatic heterocycles. The molecule has 0 aliphatic rings. The van der Waals surface area contributed by atoms with Crippen LogP contribution in [0.5, 0.6) is 0 Å². The lowest BCUT2D eigenvalue weighted by Crippen LogP contribution is -2.22. The molecule has 0 aliphatic heterocycles. The number of aromatic nitrogens is 1. The lowest BCUT2D eigenvalue weighted by Gasteiger charge is -2.17. The van der Waals surface area contributed by atoms with Gasteiger partial charge in [-0.15, -0.1) is 0 Å². The summed E-state index contributed by atoms with van der Waals surface area (Å²) in [4.78, 5) is 14.0. The number of nitrogens with zero attached hydrogens (tertiary/aromatic N) is 1. The third-order valence-electron chi connectivity index (χ3n) is 1.95. The summed E-state index contributed by atoms with van der Waals surface area (Å²) in [5, 5.41) is 27.4.